The smallest absolute Gasteiger partial charge is 0.266 e. The van der Waals surface area contributed by atoms with Crippen molar-refractivity contribution in [2.75, 3.05) is 6.54 Å². The van der Waals surface area contributed by atoms with Gasteiger partial charge in [-0.1, -0.05) is 92.1 Å². The predicted molar refractivity (Wildman–Crippen MR) is 102 cm³/mol. The average Bonchev–Trinajstić information content (AvgIpc) is 3.16. The van der Waals surface area contributed by atoms with Crippen molar-refractivity contribution < 1.29 is 4.79 Å². The fourth-order valence-electron chi connectivity index (χ4n) is 3.13. The van der Waals surface area contributed by atoms with Crippen LogP contribution >= 0.6 is 24.0 Å². The minimum absolute atomic E-state index is 0.0655. The van der Waals surface area contributed by atoms with E-state index < -0.39 is 0 Å². The van der Waals surface area contributed by atoms with Crippen molar-refractivity contribution in [3.8, 4) is 0 Å². The van der Waals surface area contributed by atoms with E-state index in [4.69, 9.17) is 12.2 Å². The van der Waals surface area contributed by atoms with E-state index in [0.717, 1.165) is 29.4 Å². The largest absolute Gasteiger partial charge is 0.293 e. The van der Waals surface area contributed by atoms with Gasteiger partial charge in [0.2, 0.25) is 0 Å². The summed E-state index contributed by atoms with van der Waals surface area (Å²) >= 11 is 6.80. The zero-order chi connectivity index (χ0) is 16.1. The second kappa shape index (κ2) is 7.93. The number of thioether (sulfide) groups is 1. The summed E-state index contributed by atoms with van der Waals surface area (Å²) in [7, 11) is 0. The molecule has 0 aromatic heterocycles. The number of carbonyl (C=O) groups excluding carboxylic acids is 1. The van der Waals surface area contributed by atoms with E-state index in [1.165, 1.54) is 37.4 Å². The van der Waals surface area contributed by atoms with Gasteiger partial charge in [0.05, 0.1) is 4.91 Å². The number of hydrogen-bond acceptors (Lipinski definition) is 3. The molecule has 0 unspecified atom stereocenters. The summed E-state index contributed by atoms with van der Waals surface area (Å²) in [5.74, 6) is 0.845. The molecule has 2 aliphatic rings. The molecule has 1 aliphatic heterocycles. The van der Waals surface area contributed by atoms with E-state index in [0.29, 0.717) is 4.32 Å². The van der Waals surface area contributed by atoms with Gasteiger partial charge in [-0.2, -0.15) is 0 Å². The highest BCUT2D eigenvalue weighted by Gasteiger charge is 2.31. The zero-order valence-corrected chi connectivity index (χ0v) is 14.7. The predicted octanol–water partition coefficient (Wildman–Crippen LogP) is 5.02. The molecule has 1 saturated heterocycles. The lowest BCUT2D eigenvalue weighted by molar-refractivity contribution is -0.122. The number of amides is 1. The number of carbonyl (C=O) groups is 1. The van der Waals surface area contributed by atoms with Crippen LogP contribution in [0.5, 0.6) is 0 Å². The van der Waals surface area contributed by atoms with Gasteiger partial charge in [0, 0.05) is 6.54 Å². The first kappa shape index (κ1) is 16.5. The van der Waals surface area contributed by atoms with E-state index in [-0.39, 0.29) is 5.91 Å². The molecular formula is C19H21NOS2. The molecule has 23 heavy (non-hydrogen) atoms. The third-order valence-electron chi connectivity index (χ3n) is 4.45. The molecule has 2 fully saturated rings. The summed E-state index contributed by atoms with van der Waals surface area (Å²) in [5, 5.41) is 0. The maximum absolute atomic E-state index is 12.5. The standard InChI is InChI=1S/C19H21NOS2/c21-18-17(12-6-11-15-7-2-1-3-8-15)23-19(22)20(18)14-13-16-9-4-5-10-16/h1-3,6-8,11-12,16H,4-5,9-10,13-14H2/b11-6+,17-12-. The van der Waals surface area contributed by atoms with Crippen LogP contribution in [0, 0.1) is 5.92 Å². The summed E-state index contributed by atoms with van der Waals surface area (Å²) in [6.07, 6.45) is 12.2. The van der Waals surface area contributed by atoms with Crippen LogP contribution in [0.1, 0.15) is 37.7 Å². The van der Waals surface area contributed by atoms with Crippen molar-refractivity contribution in [3.05, 3.63) is 53.0 Å². The molecule has 4 heteroatoms. The zero-order valence-electron chi connectivity index (χ0n) is 13.1. The summed E-state index contributed by atoms with van der Waals surface area (Å²) in [5.41, 5.74) is 1.13. The Balaban J connectivity index is 1.58. The van der Waals surface area contributed by atoms with E-state index in [2.05, 4.69) is 0 Å². The summed E-state index contributed by atoms with van der Waals surface area (Å²) in [4.78, 5) is 15.0. The Bertz CT molecular complexity index is 630. The maximum atomic E-state index is 12.5. The SMILES string of the molecule is O=C1/C(=C/C=C/c2ccccc2)SC(=S)N1CCC1CCCC1. The van der Waals surface area contributed by atoms with Crippen LogP contribution in [-0.4, -0.2) is 21.7 Å². The van der Waals surface area contributed by atoms with Crippen LogP contribution in [0.2, 0.25) is 0 Å². The molecule has 1 saturated carbocycles. The summed E-state index contributed by atoms with van der Waals surface area (Å²) < 4.78 is 0.701. The van der Waals surface area contributed by atoms with Gasteiger partial charge in [-0.05, 0) is 24.0 Å². The third-order valence-corrected chi connectivity index (χ3v) is 5.84. The van der Waals surface area contributed by atoms with Crippen LogP contribution in [0.15, 0.2) is 47.4 Å². The quantitative estimate of drug-likeness (QED) is 0.553. The van der Waals surface area contributed by atoms with Crippen LogP contribution < -0.4 is 0 Å². The normalized spacial score (nSPS) is 21.2. The fourth-order valence-corrected chi connectivity index (χ4v) is 4.39. The van der Waals surface area contributed by atoms with E-state index in [1.807, 2.05) is 48.6 Å². The van der Waals surface area contributed by atoms with Crippen molar-refractivity contribution in [2.45, 2.75) is 32.1 Å². The van der Waals surface area contributed by atoms with Crippen molar-refractivity contribution in [1.82, 2.24) is 4.90 Å². The van der Waals surface area contributed by atoms with Gasteiger partial charge >= 0.3 is 0 Å². The van der Waals surface area contributed by atoms with Gasteiger partial charge in [0.25, 0.3) is 5.91 Å². The Morgan fingerprint density at radius 3 is 2.70 bits per heavy atom. The minimum atomic E-state index is 0.0655. The second-order valence-electron chi connectivity index (χ2n) is 6.06. The lowest BCUT2D eigenvalue weighted by Gasteiger charge is -2.17. The monoisotopic (exact) mass is 343 g/mol. The summed E-state index contributed by atoms with van der Waals surface area (Å²) in [6, 6.07) is 10.1. The highest BCUT2D eigenvalue weighted by molar-refractivity contribution is 8.26. The molecule has 0 N–H and O–H groups in total. The van der Waals surface area contributed by atoms with Gasteiger partial charge in [-0.15, -0.1) is 0 Å². The van der Waals surface area contributed by atoms with Crippen molar-refractivity contribution in [2.24, 2.45) is 5.92 Å². The lowest BCUT2D eigenvalue weighted by Crippen LogP contribution is -2.30. The van der Waals surface area contributed by atoms with Gasteiger partial charge in [-0.3, -0.25) is 9.69 Å². The topological polar surface area (TPSA) is 20.3 Å². The van der Waals surface area contributed by atoms with Gasteiger partial charge in [0.1, 0.15) is 4.32 Å². The molecule has 0 bridgehead atoms. The molecule has 0 atom stereocenters. The fraction of sp³-hybridized carbons (Fsp3) is 0.368. The summed E-state index contributed by atoms with van der Waals surface area (Å²) in [6.45, 7) is 0.773. The molecule has 1 amide bonds. The molecule has 1 aromatic rings. The first-order valence-corrected chi connectivity index (χ1v) is 9.43. The number of nitrogens with zero attached hydrogens (tertiary/aromatic N) is 1. The van der Waals surface area contributed by atoms with Crippen LogP contribution in [0.3, 0.4) is 0 Å². The highest BCUT2D eigenvalue weighted by Crippen LogP contribution is 2.33. The van der Waals surface area contributed by atoms with E-state index in [9.17, 15) is 4.79 Å². The van der Waals surface area contributed by atoms with Gasteiger partial charge in [0.15, 0.2) is 0 Å². The molecule has 2 nitrogen and oxygen atoms in total. The first-order chi connectivity index (χ1) is 11.2. The molecule has 120 valence electrons. The number of rotatable bonds is 5. The number of hydrogen-bond donors (Lipinski definition) is 0. The molecule has 3 rings (SSSR count). The van der Waals surface area contributed by atoms with Crippen LogP contribution in [0.25, 0.3) is 6.08 Å². The second-order valence-corrected chi connectivity index (χ2v) is 7.74. The van der Waals surface area contributed by atoms with Crippen LogP contribution in [-0.2, 0) is 4.79 Å². The van der Waals surface area contributed by atoms with Gasteiger partial charge in [-0.25, -0.2) is 0 Å². The van der Waals surface area contributed by atoms with Crippen LogP contribution in [0.4, 0.5) is 0 Å². The Labute approximate surface area is 147 Å². The highest BCUT2D eigenvalue weighted by atomic mass is 32.2. The Morgan fingerprint density at radius 2 is 1.96 bits per heavy atom. The minimum Gasteiger partial charge on any atom is -0.293 e. The van der Waals surface area contributed by atoms with E-state index >= 15 is 0 Å². The van der Waals surface area contributed by atoms with Crippen molar-refractivity contribution in [1.29, 1.82) is 0 Å². The molecule has 1 heterocycles. The molecule has 0 radical (unpaired) electrons. The Hall–Kier alpha value is -1.39. The molecule has 0 spiro atoms. The van der Waals surface area contributed by atoms with E-state index in [1.54, 1.807) is 4.90 Å². The first-order valence-electron chi connectivity index (χ1n) is 8.21. The number of allylic oxidation sites excluding steroid dienone is 2. The number of thiocarbonyl (C=S) groups is 1. The average molecular weight is 344 g/mol. The van der Waals surface area contributed by atoms with Crippen molar-refractivity contribution >= 4 is 40.3 Å². The van der Waals surface area contributed by atoms with Gasteiger partial charge < -0.3 is 0 Å². The third kappa shape index (κ3) is 4.33. The molecular weight excluding hydrogens is 322 g/mol. The molecule has 1 aromatic carbocycles. The molecule has 1 aliphatic carbocycles. The Morgan fingerprint density at radius 1 is 1.22 bits per heavy atom. The number of benzene rings is 1. The maximum Gasteiger partial charge on any atom is 0.266 e. The lowest BCUT2D eigenvalue weighted by atomic mass is 10.0. The van der Waals surface area contributed by atoms with Crippen molar-refractivity contribution in [3.63, 3.8) is 0 Å². The Kier molecular flexibility index (Phi) is 5.68.